The Kier molecular flexibility index (Phi) is 3.79. The summed E-state index contributed by atoms with van der Waals surface area (Å²) in [6, 6.07) is 10.5. The maximum atomic E-state index is 11.6. The Morgan fingerprint density at radius 1 is 1.39 bits per heavy atom. The fraction of sp³-hybridized carbons (Fsp3) is 0.0769. The average molecular weight is 263 g/mol. The molecule has 18 heavy (non-hydrogen) atoms. The number of hydrogen-bond acceptors (Lipinski definition) is 3. The molecule has 0 fully saturated rings. The predicted molar refractivity (Wildman–Crippen MR) is 70.0 cm³/mol. The molecule has 2 rings (SSSR count). The molecule has 1 heterocycles. The van der Waals surface area contributed by atoms with Gasteiger partial charge in [-0.05, 0) is 36.8 Å². The number of furan rings is 1. The van der Waals surface area contributed by atoms with Crippen molar-refractivity contribution in [3.63, 3.8) is 0 Å². The van der Waals surface area contributed by atoms with Gasteiger partial charge in [-0.2, -0.15) is 5.10 Å². The molecule has 92 valence electrons. The Labute approximate surface area is 109 Å². The van der Waals surface area contributed by atoms with E-state index in [1.165, 1.54) is 6.21 Å². The van der Waals surface area contributed by atoms with E-state index in [0.717, 1.165) is 5.56 Å². The van der Waals surface area contributed by atoms with E-state index in [1.807, 2.05) is 6.07 Å². The number of hydrogen-bond donors (Lipinski definition) is 1. The van der Waals surface area contributed by atoms with Gasteiger partial charge in [0.05, 0.1) is 6.21 Å². The number of amides is 1. The predicted octanol–water partition coefficient (Wildman–Crippen LogP) is 3.01. The van der Waals surface area contributed by atoms with Gasteiger partial charge >= 0.3 is 5.91 Å². The summed E-state index contributed by atoms with van der Waals surface area (Å²) in [4.78, 5) is 11.6. The monoisotopic (exact) mass is 262 g/mol. The van der Waals surface area contributed by atoms with Crippen LogP contribution in [0.2, 0.25) is 5.02 Å². The molecule has 0 bridgehead atoms. The van der Waals surface area contributed by atoms with Gasteiger partial charge in [0.1, 0.15) is 5.76 Å². The van der Waals surface area contributed by atoms with Crippen LogP contribution in [0.4, 0.5) is 0 Å². The second-order valence-corrected chi connectivity index (χ2v) is 4.10. The van der Waals surface area contributed by atoms with Gasteiger partial charge < -0.3 is 4.42 Å². The van der Waals surface area contributed by atoms with Crippen LogP contribution in [-0.4, -0.2) is 12.1 Å². The molecular formula is C13H11ClN2O2. The van der Waals surface area contributed by atoms with Crippen LogP contribution in [0, 0.1) is 6.92 Å². The molecule has 0 unspecified atom stereocenters. The Morgan fingerprint density at radius 3 is 2.89 bits per heavy atom. The van der Waals surface area contributed by atoms with Gasteiger partial charge in [0, 0.05) is 5.02 Å². The number of hydrazone groups is 1. The molecule has 1 aromatic carbocycles. The van der Waals surface area contributed by atoms with Crippen molar-refractivity contribution < 1.29 is 9.21 Å². The zero-order chi connectivity index (χ0) is 13.0. The normalized spacial score (nSPS) is 10.8. The van der Waals surface area contributed by atoms with Gasteiger partial charge in [0.15, 0.2) is 5.76 Å². The first kappa shape index (κ1) is 12.4. The summed E-state index contributed by atoms with van der Waals surface area (Å²) in [7, 11) is 0. The highest BCUT2D eigenvalue weighted by Crippen LogP contribution is 2.09. The van der Waals surface area contributed by atoms with Crippen LogP contribution in [0.3, 0.4) is 0 Å². The van der Waals surface area contributed by atoms with E-state index in [9.17, 15) is 4.79 Å². The second kappa shape index (κ2) is 5.51. The van der Waals surface area contributed by atoms with Gasteiger partial charge in [-0.25, -0.2) is 5.43 Å². The quantitative estimate of drug-likeness (QED) is 0.683. The topological polar surface area (TPSA) is 54.6 Å². The molecule has 0 saturated heterocycles. The van der Waals surface area contributed by atoms with Crippen molar-refractivity contribution in [1.82, 2.24) is 5.43 Å². The number of nitrogens with one attached hydrogen (secondary N) is 1. The third-order valence-electron chi connectivity index (χ3n) is 2.19. The van der Waals surface area contributed by atoms with E-state index in [4.69, 9.17) is 16.0 Å². The van der Waals surface area contributed by atoms with Crippen molar-refractivity contribution in [1.29, 1.82) is 0 Å². The lowest BCUT2D eigenvalue weighted by atomic mass is 10.2. The molecule has 1 N–H and O–H groups in total. The minimum atomic E-state index is -0.388. The zero-order valence-electron chi connectivity index (χ0n) is 9.68. The van der Waals surface area contributed by atoms with Gasteiger partial charge in [-0.15, -0.1) is 0 Å². The van der Waals surface area contributed by atoms with Crippen LogP contribution in [0.25, 0.3) is 0 Å². The largest absolute Gasteiger partial charge is 0.456 e. The first-order valence-corrected chi connectivity index (χ1v) is 5.68. The van der Waals surface area contributed by atoms with Crippen molar-refractivity contribution in [2.24, 2.45) is 5.10 Å². The number of halogens is 1. The molecule has 0 saturated carbocycles. The lowest BCUT2D eigenvalue weighted by Gasteiger charge is -1.96. The molecule has 0 aliphatic heterocycles. The summed E-state index contributed by atoms with van der Waals surface area (Å²) in [5.41, 5.74) is 3.18. The molecule has 0 aliphatic carbocycles. The van der Waals surface area contributed by atoms with Crippen LogP contribution < -0.4 is 5.43 Å². The third kappa shape index (κ3) is 3.21. The van der Waals surface area contributed by atoms with Gasteiger partial charge in [0.25, 0.3) is 0 Å². The van der Waals surface area contributed by atoms with Gasteiger partial charge in [0.2, 0.25) is 0 Å². The fourth-order valence-electron chi connectivity index (χ4n) is 1.36. The molecular weight excluding hydrogens is 252 g/mol. The van der Waals surface area contributed by atoms with Gasteiger partial charge in [-0.3, -0.25) is 4.79 Å². The molecule has 0 radical (unpaired) electrons. The van der Waals surface area contributed by atoms with Crippen LogP contribution >= 0.6 is 11.6 Å². The molecule has 1 amide bonds. The molecule has 1 aromatic heterocycles. The molecule has 5 heteroatoms. The maximum Gasteiger partial charge on any atom is 0.307 e. The summed E-state index contributed by atoms with van der Waals surface area (Å²) < 4.78 is 5.16. The summed E-state index contributed by atoms with van der Waals surface area (Å²) in [5, 5.41) is 4.44. The highest BCUT2D eigenvalue weighted by atomic mass is 35.5. The number of rotatable bonds is 3. The van der Waals surface area contributed by atoms with E-state index >= 15 is 0 Å². The van der Waals surface area contributed by atoms with Crippen LogP contribution in [-0.2, 0) is 0 Å². The third-order valence-corrected chi connectivity index (χ3v) is 2.43. The number of aryl methyl sites for hydroxylation is 1. The van der Waals surface area contributed by atoms with Crippen molar-refractivity contribution >= 4 is 23.7 Å². The maximum absolute atomic E-state index is 11.6. The minimum Gasteiger partial charge on any atom is -0.456 e. The fourth-order valence-corrected chi connectivity index (χ4v) is 1.56. The smallest absolute Gasteiger partial charge is 0.307 e. The number of benzene rings is 1. The van der Waals surface area contributed by atoms with Crippen LogP contribution in [0.1, 0.15) is 21.9 Å². The lowest BCUT2D eigenvalue weighted by Crippen LogP contribution is -2.16. The van der Waals surface area contributed by atoms with Gasteiger partial charge in [-0.1, -0.05) is 23.7 Å². The van der Waals surface area contributed by atoms with E-state index in [1.54, 1.807) is 37.3 Å². The van der Waals surface area contributed by atoms with Crippen LogP contribution in [0.15, 0.2) is 45.9 Å². The summed E-state index contributed by atoms with van der Waals surface area (Å²) >= 11 is 5.82. The average Bonchev–Trinajstić information content (AvgIpc) is 2.76. The van der Waals surface area contributed by atoms with E-state index in [2.05, 4.69) is 10.5 Å². The molecule has 2 aromatic rings. The lowest BCUT2D eigenvalue weighted by molar-refractivity contribution is 0.0926. The zero-order valence-corrected chi connectivity index (χ0v) is 10.4. The molecule has 0 atom stereocenters. The second-order valence-electron chi connectivity index (χ2n) is 3.66. The Morgan fingerprint density at radius 2 is 2.22 bits per heavy atom. The molecule has 0 spiro atoms. The Hall–Kier alpha value is -2.07. The van der Waals surface area contributed by atoms with Crippen molar-refractivity contribution in [3.8, 4) is 0 Å². The number of nitrogens with zero attached hydrogens (tertiary/aromatic N) is 1. The first-order valence-electron chi connectivity index (χ1n) is 5.30. The van der Waals surface area contributed by atoms with Crippen molar-refractivity contribution in [3.05, 3.63) is 58.5 Å². The van der Waals surface area contributed by atoms with E-state index < -0.39 is 0 Å². The highest BCUT2D eigenvalue weighted by Gasteiger charge is 2.07. The summed E-state index contributed by atoms with van der Waals surface area (Å²) in [6.07, 6.45) is 1.51. The summed E-state index contributed by atoms with van der Waals surface area (Å²) in [5.74, 6) is 0.524. The van der Waals surface area contributed by atoms with Crippen molar-refractivity contribution in [2.45, 2.75) is 6.92 Å². The standard InChI is InChI=1S/C13H11ClN2O2/c1-9-5-6-12(18-9)13(17)16-15-8-10-3-2-4-11(14)7-10/h2-8H,1H3,(H,16,17). The van der Waals surface area contributed by atoms with E-state index in [0.29, 0.717) is 10.8 Å². The molecule has 4 nitrogen and oxygen atoms in total. The SMILES string of the molecule is Cc1ccc(C(=O)NN=Cc2cccc(Cl)c2)o1. The number of carbonyl (C=O) groups is 1. The van der Waals surface area contributed by atoms with Crippen LogP contribution in [0.5, 0.6) is 0 Å². The Bertz CT molecular complexity index is 590. The first-order chi connectivity index (χ1) is 8.65. The Balaban J connectivity index is 1.97. The number of carbonyl (C=O) groups excluding carboxylic acids is 1. The minimum absolute atomic E-state index is 0.232. The van der Waals surface area contributed by atoms with E-state index in [-0.39, 0.29) is 11.7 Å². The summed E-state index contributed by atoms with van der Waals surface area (Å²) in [6.45, 7) is 1.77. The molecule has 0 aliphatic rings. The highest BCUT2D eigenvalue weighted by molar-refractivity contribution is 6.30. The van der Waals surface area contributed by atoms with Crippen molar-refractivity contribution in [2.75, 3.05) is 0 Å².